The first-order valence-electron chi connectivity index (χ1n) is 5.16. The van der Waals surface area contributed by atoms with Gasteiger partial charge in [0.25, 0.3) is 0 Å². The summed E-state index contributed by atoms with van der Waals surface area (Å²) in [6.07, 6.45) is 5.25. The molecule has 1 aliphatic rings. The van der Waals surface area contributed by atoms with Gasteiger partial charge in [-0.25, -0.2) is 0 Å². The Morgan fingerprint density at radius 2 is 2.21 bits per heavy atom. The smallest absolute Gasteiger partial charge is 0.0833 e. The van der Waals surface area contributed by atoms with Gasteiger partial charge in [0.15, 0.2) is 0 Å². The van der Waals surface area contributed by atoms with E-state index in [0.29, 0.717) is 5.92 Å². The second-order valence-corrected chi connectivity index (χ2v) is 3.82. The van der Waals surface area contributed by atoms with E-state index in [4.69, 9.17) is 0 Å². The molecule has 3 heteroatoms. The van der Waals surface area contributed by atoms with E-state index in [1.165, 1.54) is 0 Å². The van der Waals surface area contributed by atoms with Crippen molar-refractivity contribution < 1.29 is 5.11 Å². The molecule has 3 nitrogen and oxygen atoms in total. The van der Waals surface area contributed by atoms with Crippen molar-refractivity contribution in [2.45, 2.75) is 18.9 Å². The molecule has 1 saturated heterocycles. The lowest BCUT2D eigenvalue weighted by atomic mass is 9.89. The van der Waals surface area contributed by atoms with Crippen molar-refractivity contribution in [1.29, 1.82) is 0 Å². The monoisotopic (exact) mass is 192 g/mol. The Kier molecular flexibility index (Phi) is 3.11. The van der Waals surface area contributed by atoms with Crippen molar-refractivity contribution in [2.75, 3.05) is 13.1 Å². The van der Waals surface area contributed by atoms with Crippen LogP contribution in [0, 0.1) is 5.92 Å². The van der Waals surface area contributed by atoms with Gasteiger partial charge in [-0.2, -0.15) is 0 Å². The number of hydrogen-bond acceptors (Lipinski definition) is 3. The van der Waals surface area contributed by atoms with Crippen LogP contribution in [0.2, 0.25) is 0 Å². The standard InChI is InChI=1S/C11H16N2O/c14-11(9-3-6-12-7-4-9)10-2-1-5-13-8-10/h1-2,5,8-9,11-12,14H,3-4,6-7H2. The van der Waals surface area contributed by atoms with Gasteiger partial charge in [0.2, 0.25) is 0 Å². The molecular weight excluding hydrogens is 176 g/mol. The zero-order chi connectivity index (χ0) is 9.80. The number of hydrogen-bond donors (Lipinski definition) is 2. The molecule has 2 N–H and O–H groups in total. The van der Waals surface area contributed by atoms with Crippen LogP contribution in [0.3, 0.4) is 0 Å². The van der Waals surface area contributed by atoms with E-state index in [0.717, 1.165) is 31.5 Å². The molecule has 0 amide bonds. The maximum absolute atomic E-state index is 10.1. The predicted octanol–water partition coefficient (Wildman–Crippen LogP) is 1.11. The minimum atomic E-state index is -0.342. The predicted molar refractivity (Wildman–Crippen MR) is 54.8 cm³/mol. The molecule has 1 aromatic heterocycles. The normalized spacial score (nSPS) is 20.6. The summed E-state index contributed by atoms with van der Waals surface area (Å²) in [5.74, 6) is 0.389. The van der Waals surface area contributed by atoms with Crippen LogP contribution in [0.15, 0.2) is 24.5 Å². The van der Waals surface area contributed by atoms with Crippen LogP contribution in [-0.4, -0.2) is 23.2 Å². The Morgan fingerprint density at radius 3 is 2.86 bits per heavy atom. The summed E-state index contributed by atoms with van der Waals surface area (Å²) in [6.45, 7) is 2.03. The number of pyridine rings is 1. The first-order chi connectivity index (χ1) is 6.88. The molecule has 1 aliphatic heterocycles. The van der Waals surface area contributed by atoms with Crippen molar-refractivity contribution >= 4 is 0 Å². The first-order valence-corrected chi connectivity index (χ1v) is 5.16. The lowest BCUT2D eigenvalue weighted by molar-refractivity contribution is 0.0886. The Hall–Kier alpha value is -0.930. The lowest BCUT2D eigenvalue weighted by Gasteiger charge is -2.27. The zero-order valence-corrected chi connectivity index (χ0v) is 8.19. The minimum Gasteiger partial charge on any atom is -0.388 e. The molecule has 76 valence electrons. The van der Waals surface area contributed by atoms with Gasteiger partial charge < -0.3 is 10.4 Å². The Bertz CT molecular complexity index is 270. The van der Waals surface area contributed by atoms with Gasteiger partial charge in [-0.05, 0) is 43.5 Å². The highest BCUT2D eigenvalue weighted by atomic mass is 16.3. The summed E-state index contributed by atoms with van der Waals surface area (Å²) < 4.78 is 0. The summed E-state index contributed by atoms with van der Waals surface area (Å²) in [6, 6.07) is 3.82. The van der Waals surface area contributed by atoms with E-state index in [2.05, 4.69) is 10.3 Å². The van der Waals surface area contributed by atoms with Gasteiger partial charge in [-0.1, -0.05) is 6.07 Å². The molecule has 0 spiro atoms. The fourth-order valence-electron chi connectivity index (χ4n) is 1.98. The highest BCUT2D eigenvalue weighted by Gasteiger charge is 2.22. The van der Waals surface area contributed by atoms with Crippen LogP contribution >= 0.6 is 0 Å². The van der Waals surface area contributed by atoms with Crippen molar-refractivity contribution in [1.82, 2.24) is 10.3 Å². The van der Waals surface area contributed by atoms with Crippen LogP contribution in [0.25, 0.3) is 0 Å². The third-order valence-corrected chi connectivity index (χ3v) is 2.86. The molecule has 1 aromatic rings. The molecule has 0 saturated carbocycles. The highest BCUT2D eigenvalue weighted by molar-refractivity contribution is 5.12. The molecular formula is C11H16N2O. The summed E-state index contributed by atoms with van der Waals surface area (Å²) in [5.41, 5.74) is 0.944. The summed E-state index contributed by atoms with van der Waals surface area (Å²) in [4.78, 5) is 4.02. The number of nitrogens with one attached hydrogen (secondary N) is 1. The Labute approximate surface area is 84.2 Å². The van der Waals surface area contributed by atoms with Crippen molar-refractivity contribution in [2.24, 2.45) is 5.92 Å². The van der Waals surface area contributed by atoms with Gasteiger partial charge >= 0.3 is 0 Å². The van der Waals surface area contributed by atoms with Gasteiger partial charge in [0.1, 0.15) is 0 Å². The molecule has 2 rings (SSSR count). The molecule has 1 atom stereocenters. The van der Waals surface area contributed by atoms with Crippen molar-refractivity contribution in [3.63, 3.8) is 0 Å². The molecule has 0 aromatic carbocycles. The van der Waals surface area contributed by atoms with Crippen molar-refractivity contribution in [3.05, 3.63) is 30.1 Å². The first kappa shape index (κ1) is 9.62. The SMILES string of the molecule is OC(c1cccnc1)C1CCNCC1. The highest BCUT2D eigenvalue weighted by Crippen LogP contribution is 2.27. The summed E-state index contributed by atoms with van der Waals surface area (Å²) in [5, 5.41) is 13.4. The topological polar surface area (TPSA) is 45.2 Å². The second kappa shape index (κ2) is 4.53. The number of aliphatic hydroxyl groups excluding tert-OH is 1. The third-order valence-electron chi connectivity index (χ3n) is 2.86. The van der Waals surface area contributed by atoms with Gasteiger partial charge in [-0.3, -0.25) is 4.98 Å². The second-order valence-electron chi connectivity index (χ2n) is 3.82. The van der Waals surface area contributed by atoms with Crippen LogP contribution in [-0.2, 0) is 0 Å². The number of piperidine rings is 1. The Balaban J connectivity index is 2.03. The van der Waals surface area contributed by atoms with E-state index in [1.807, 2.05) is 12.1 Å². The van der Waals surface area contributed by atoms with Gasteiger partial charge in [-0.15, -0.1) is 0 Å². The zero-order valence-electron chi connectivity index (χ0n) is 8.19. The van der Waals surface area contributed by atoms with Crippen LogP contribution in [0.5, 0.6) is 0 Å². The molecule has 1 fully saturated rings. The molecule has 14 heavy (non-hydrogen) atoms. The molecule has 0 aliphatic carbocycles. The van der Waals surface area contributed by atoms with Crippen LogP contribution in [0.4, 0.5) is 0 Å². The van der Waals surface area contributed by atoms with Crippen molar-refractivity contribution in [3.8, 4) is 0 Å². The van der Waals surface area contributed by atoms with E-state index in [-0.39, 0.29) is 6.10 Å². The third kappa shape index (κ3) is 2.11. The molecule has 2 heterocycles. The van der Waals surface area contributed by atoms with Crippen LogP contribution in [0.1, 0.15) is 24.5 Å². The lowest BCUT2D eigenvalue weighted by Crippen LogP contribution is -2.30. The molecule has 0 radical (unpaired) electrons. The fraction of sp³-hybridized carbons (Fsp3) is 0.545. The maximum Gasteiger partial charge on any atom is 0.0833 e. The number of aromatic nitrogens is 1. The fourth-order valence-corrected chi connectivity index (χ4v) is 1.98. The van der Waals surface area contributed by atoms with E-state index in [1.54, 1.807) is 12.4 Å². The van der Waals surface area contributed by atoms with E-state index < -0.39 is 0 Å². The van der Waals surface area contributed by atoms with Gasteiger partial charge in [0, 0.05) is 12.4 Å². The number of nitrogens with zero attached hydrogens (tertiary/aromatic N) is 1. The molecule has 0 bridgehead atoms. The average Bonchev–Trinajstić information content (AvgIpc) is 2.30. The number of rotatable bonds is 2. The average molecular weight is 192 g/mol. The minimum absolute atomic E-state index is 0.342. The Morgan fingerprint density at radius 1 is 1.43 bits per heavy atom. The quantitative estimate of drug-likeness (QED) is 0.738. The van der Waals surface area contributed by atoms with Gasteiger partial charge in [0.05, 0.1) is 6.10 Å². The largest absolute Gasteiger partial charge is 0.388 e. The maximum atomic E-state index is 10.1. The summed E-state index contributed by atoms with van der Waals surface area (Å²) >= 11 is 0. The number of aliphatic hydroxyl groups is 1. The summed E-state index contributed by atoms with van der Waals surface area (Å²) in [7, 11) is 0. The van der Waals surface area contributed by atoms with E-state index in [9.17, 15) is 5.11 Å². The molecule has 1 unspecified atom stereocenters. The van der Waals surface area contributed by atoms with E-state index >= 15 is 0 Å². The van der Waals surface area contributed by atoms with Crippen LogP contribution < -0.4 is 5.32 Å².